The highest BCUT2D eigenvalue weighted by Gasteiger charge is 2.20. The molecule has 3 aromatic rings. The van der Waals surface area contributed by atoms with E-state index in [2.05, 4.69) is 15.0 Å². The lowest BCUT2D eigenvalue weighted by Gasteiger charge is -2.10. The molecular weight excluding hydrogens is 368 g/mol. The van der Waals surface area contributed by atoms with Gasteiger partial charge in [-0.1, -0.05) is 54.3 Å². The molecule has 0 bridgehead atoms. The predicted octanol–water partition coefficient (Wildman–Crippen LogP) is 4.54. The average molecular weight is 380 g/mol. The molecule has 1 aromatic carbocycles. The van der Waals surface area contributed by atoms with Gasteiger partial charge >= 0.3 is 0 Å². The highest BCUT2D eigenvalue weighted by molar-refractivity contribution is 8.05. The summed E-state index contributed by atoms with van der Waals surface area (Å²) in [4.78, 5) is 23.9. The summed E-state index contributed by atoms with van der Waals surface area (Å²) in [6, 6.07) is 11.9. The number of nitrogens with one attached hydrogen (secondary N) is 1. The number of thioether (sulfide) groups is 1. The molecule has 2 heterocycles. The van der Waals surface area contributed by atoms with E-state index in [4.69, 9.17) is 12.2 Å². The van der Waals surface area contributed by atoms with Crippen LogP contribution in [0.4, 0.5) is 0 Å². The number of nitrogens with zero attached hydrogens (tertiary/aromatic N) is 3. The average Bonchev–Trinajstić information content (AvgIpc) is 3.09. The zero-order valence-corrected chi connectivity index (χ0v) is 15.0. The Morgan fingerprint density at radius 1 is 1.23 bits per heavy atom. The Morgan fingerprint density at radius 2 is 2.04 bits per heavy atom. The summed E-state index contributed by atoms with van der Waals surface area (Å²) in [6.07, 6.45) is 4.91. The lowest BCUT2D eigenvalue weighted by molar-refractivity contribution is -0.419. The zero-order chi connectivity index (χ0) is 18.1. The maximum absolute atomic E-state index is 11.0. The number of H-pyrrole nitrogens is 1. The van der Waals surface area contributed by atoms with Gasteiger partial charge in [0.15, 0.2) is 0 Å². The predicted molar refractivity (Wildman–Crippen MR) is 106 cm³/mol. The van der Waals surface area contributed by atoms with Crippen molar-refractivity contribution in [2.45, 2.75) is 11.4 Å². The van der Waals surface area contributed by atoms with Crippen LogP contribution in [0.25, 0.3) is 22.3 Å². The highest BCUT2D eigenvalue weighted by atomic mass is 32.2. The minimum absolute atomic E-state index is 0.0606. The second kappa shape index (κ2) is 6.81. The lowest BCUT2D eigenvalue weighted by atomic mass is 10.1. The monoisotopic (exact) mass is 380 g/mol. The Bertz CT molecular complexity index is 1090. The number of rotatable bonds is 4. The molecule has 0 unspecified atom stereocenters. The third kappa shape index (κ3) is 3.16. The van der Waals surface area contributed by atoms with Crippen molar-refractivity contribution in [3.63, 3.8) is 0 Å². The number of aromatic nitrogens is 3. The van der Waals surface area contributed by atoms with Crippen LogP contribution in [0, 0.1) is 10.1 Å². The number of hydrogen-bond donors (Lipinski definition) is 1. The first-order valence-electron chi connectivity index (χ1n) is 7.78. The van der Waals surface area contributed by atoms with Crippen molar-refractivity contribution >= 4 is 39.9 Å². The van der Waals surface area contributed by atoms with E-state index in [0.717, 1.165) is 16.6 Å². The van der Waals surface area contributed by atoms with Gasteiger partial charge in [-0.25, -0.2) is 9.97 Å². The third-order valence-corrected chi connectivity index (χ3v) is 5.56. The molecule has 1 N–H and O–H groups in total. The fourth-order valence-corrected chi connectivity index (χ4v) is 3.88. The maximum atomic E-state index is 11.0. The number of nitro groups is 1. The Balaban J connectivity index is 1.73. The van der Waals surface area contributed by atoms with Crippen LogP contribution in [0.5, 0.6) is 0 Å². The topological polar surface area (TPSA) is 84.7 Å². The van der Waals surface area contributed by atoms with Crippen molar-refractivity contribution in [1.82, 2.24) is 15.0 Å². The minimum atomic E-state index is -0.401. The quantitative estimate of drug-likeness (QED) is 0.310. The summed E-state index contributed by atoms with van der Waals surface area (Å²) >= 11 is 6.70. The molecule has 6 nitrogen and oxygen atoms in total. The molecule has 1 aliphatic rings. The summed E-state index contributed by atoms with van der Waals surface area (Å²) in [5.74, 6) is 0. The van der Waals surface area contributed by atoms with Crippen molar-refractivity contribution in [1.29, 1.82) is 0 Å². The summed E-state index contributed by atoms with van der Waals surface area (Å²) in [6.45, 7) is 0. The third-order valence-electron chi connectivity index (χ3n) is 3.94. The standard InChI is InChI=1S/C18H12N4O2S2/c23-22(24)12-6-7-15(25)16(8-12)26-18-13-9-14(11-4-2-1-3-5-11)21-17(13)19-10-20-18/h1-6,8-10H,7H2,(H,19,20,21). The van der Waals surface area contributed by atoms with E-state index in [9.17, 15) is 10.1 Å². The molecule has 0 radical (unpaired) electrons. The Labute approximate surface area is 158 Å². The van der Waals surface area contributed by atoms with Gasteiger partial charge in [-0.3, -0.25) is 10.1 Å². The van der Waals surface area contributed by atoms with Gasteiger partial charge in [0.2, 0.25) is 0 Å². The molecule has 0 fully saturated rings. The van der Waals surface area contributed by atoms with E-state index in [1.807, 2.05) is 36.4 Å². The number of thiocarbonyl (C=S) groups is 1. The number of allylic oxidation sites excluding steroid dienone is 3. The Morgan fingerprint density at radius 3 is 2.81 bits per heavy atom. The molecule has 128 valence electrons. The van der Waals surface area contributed by atoms with Crippen molar-refractivity contribution in [2.75, 3.05) is 0 Å². The van der Waals surface area contributed by atoms with Crippen molar-refractivity contribution in [3.8, 4) is 11.3 Å². The van der Waals surface area contributed by atoms with Crippen molar-refractivity contribution in [2.24, 2.45) is 0 Å². The molecular formula is C18H12N4O2S2. The minimum Gasteiger partial charge on any atom is -0.339 e. The molecule has 4 rings (SSSR count). The molecule has 0 amide bonds. The fourth-order valence-electron chi connectivity index (χ4n) is 2.66. The smallest absolute Gasteiger partial charge is 0.267 e. The number of benzene rings is 1. The van der Waals surface area contributed by atoms with E-state index >= 15 is 0 Å². The van der Waals surface area contributed by atoms with Crippen LogP contribution in [0.3, 0.4) is 0 Å². The molecule has 0 atom stereocenters. The zero-order valence-electron chi connectivity index (χ0n) is 13.4. The van der Waals surface area contributed by atoms with E-state index < -0.39 is 4.92 Å². The van der Waals surface area contributed by atoms with E-state index in [1.165, 1.54) is 30.2 Å². The van der Waals surface area contributed by atoms with Crippen LogP contribution in [0.15, 0.2) is 70.5 Å². The van der Waals surface area contributed by atoms with E-state index in [1.54, 1.807) is 0 Å². The highest BCUT2D eigenvalue weighted by Crippen LogP contribution is 2.36. The second-order valence-electron chi connectivity index (χ2n) is 5.61. The van der Waals surface area contributed by atoms with Gasteiger partial charge < -0.3 is 4.98 Å². The molecule has 0 aliphatic heterocycles. The van der Waals surface area contributed by atoms with Crippen LogP contribution < -0.4 is 0 Å². The van der Waals surface area contributed by atoms with Crippen LogP contribution in [-0.2, 0) is 0 Å². The van der Waals surface area contributed by atoms with Gasteiger partial charge in [-0.05, 0) is 17.7 Å². The number of aromatic amines is 1. The van der Waals surface area contributed by atoms with Gasteiger partial charge in [0.1, 0.15) is 17.0 Å². The van der Waals surface area contributed by atoms with Crippen LogP contribution in [0.1, 0.15) is 6.42 Å². The largest absolute Gasteiger partial charge is 0.339 e. The van der Waals surface area contributed by atoms with Gasteiger partial charge in [-0.2, -0.15) is 0 Å². The van der Waals surface area contributed by atoms with E-state index in [-0.39, 0.29) is 5.70 Å². The molecule has 1 aliphatic carbocycles. The SMILES string of the molecule is O=[N+]([O-])C1=CCC(=S)C(Sc2ncnc3[nH]c(-c4ccccc4)cc23)=C1. The molecule has 0 saturated carbocycles. The summed E-state index contributed by atoms with van der Waals surface area (Å²) in [7, 11) is 0. The second-order valence-corrected chi connectivity index (χ2v) is 7.14. The van der Waals surface area contributed by atoms with Crippen molar-refractivity contribution < 1.29 is 4.92 Å². The molecule has 26 heavy (non-hydrogen) atoms. The summed E-state index contributed by atoms with van der Waals surface area (Å²) < 4.78 is 0. The number of hydrogen-bond acceptors (Lipinski definition) is 6. The normalized spacial score (nSPS) is 14.2. The van der Waals surface area contributed by atoms with Gasteiger partial charge in [-0.15, -0.1) is 0 Å². The first-order chi connectivity index (χ1) is 12.6. The Hall–Kier alpha value is -2.84. The fraction of sp³-hybridized carbons (Fsp3) is 0.0556. The maximum Gasteiger partial charge on any atom is 0.267 e. The molecule has 8 heteroatoms. The van der Waals surface area contributed by atoms with Gasteiger partial charge in [0, 0.05) is 28.0 Å². The summed E-state index contributed by atoms with van der Waals surface area (Å²) in [5, 5.41) is 12.6. The van der Waals surface area contributed by atoms with E-state index in [0.29, 0.717) is 26.9 Å². The molecule has 0 spiro atoms. The molecule has 0 saturated heterocycles. The van der Waals surface area contributed by atoms with Gasteiger partial charge in [0.05, 0.1) is 10.3 Å². The summed E-state index contributed by atoms with van der Waals surface area (Å²) in [5.41, 5.74) is 2.76. The van der Waals surface area contributed by atoms with Crippen LogP contribution in [0.2, 0.25) is 0 Å². The van der Waals surface area contributed by atoms with Crippen LogP contribution in [-0.4, -0.2) is 24.7 Å². The first-order valence-corrected chi connectivity index (χ1v) is 9.01. The molecule has 2 aromatic heterocycles. The van der Waals surface area contributed by atoms with Crippen LogP contribution >= 0.6 is 24.0 Å². The number of fused-ring (bicyclic) bond motifs is 1. The van der Waals surface area contributed by atoms with Crippen molar-refractivity contribution in [3.05, 3.63) is 75.6 Å². The van der Waals surface area contributed by atoms with Gasteiger partial charge in [0.25, 0.3) is 5.70 Å². The Kier molecular flexibility index (Phi) is 4.36. The first kappa shape index (κ1) is 16.6. The lowest BCUT2D eigenvalue weighted by Crippen LogP contribution is -2.07.